The number of nitrogens with one attached hydrogen (secondary N) is 2. The fourth-order valence-electron chi connectivity index (χ4n) is 4.45. The highest BCUT2D eigenvalue weighted by Gasteiger charge is 2.20. The van der Waals surface area contributed by atoms with Crippen molar-refractivity contribution in [2.75, 3.05) is 20.6 Å². The normalized spacial score (nSPS) is 11.8. The Morgan fingerprint density at radius 2 is 1.70 bits per heavy atom. The van der Waals surface area contributed by atoms with Crippen molar-refractivity contribution in [2.45, 2.75) is 39.2 Å². The molecule has 0 spiro atoms. The minimum absolute atomic E-state index is 0.0268. The van der Waals surface area contributed by atoms with E-state index in [1.165, 1.54) is 12.0 Å². The molecular weight excluding hydrogens is 460 g/mol. The molecule has 6 heteroatoms. The molecule has 1 aromatic heterocycles. The van der Waals surface area contributed by atoms with Gasteiger partial charge in [0.25, 0.3) is 5.91 Å². The van der Waals surface area contributed by atoms with Gasteiger partial charge in [-0.05, 0) is 56.4 Å². The number of aliphatic imine (C=N–C) groups is 1. The molecule has 6 nitrogen and oxygen atoms in total. The Hall–Kier alpha value is -3.90. The van der Waals surface area contributed by atoms with Crippen LogP contribution in [0.3, 0.4) is 0 Å². The standard InChI is InChI=1S/C31H36N4O2/c1-4-5-6-10-19-32-30(36)24-15-18-27-26(20-24)28(31(37)34-27)29(23-11-8-7-9-12-23)33-25-16-13-22(14-17-25)21-35(2)3/h7-9,11-18,20,34,37H,4-6,10,19,21H2,1-3H3,(H,32,36). The molecule has 0 saturated carbocycles. The number of carbonyl (C=O) groups excluding carboxylic acids is 1. The molecule has 0 aliphatic carbocycles. The molecule has 0 radical (unpaired) electrons. The second kappa shape index (κ2) is 12.4. The minimum Gasteiger partial charge on any atom is -0.494 e. The number of unbranched alkanes of at least 4 members (excludes halogenated alkanes) is 3. The average molecular weight is 497 g/mol. The first-order valence-electron chi connectivity index (χ1n) is 13.0. The van der Waals surface area contributed by atoms with Crippen LogP contribution < -0.4 is 5.32 Å². The molecule has 0 aliphatic rings. The second-order valence-electron chi connectivity index (χ2n) is 9.66. The van der Waals surface area contributed by atoms with E-state index >= 15 is 0 Å². The first-order chi connectivity index (χ1) is 18.0. The zero-order valence-electron chi connectivity index (χ0n) is 21.9. The van der Waals surface area contributed by atoms with Gasteiger partial charge in [-0.15, -0.1) is 0 Å². The number of nitrogens with zero attached hydrogens (tertiary/aromatic N) is 2. The largest absolute Gasteiger partial charge is 0.494 e. The van der Waals surface area contributed by atoms with Crippen LogP contribution in [0.1, 0.15) is 59.7 Å². The summed E-state index contributed by atoms with van der Waals surface area (Å²) in [5.41, 5.74) is 5.39. The van der Waals surface area contributed by atoms with Crippen LogP contribution in [0.15, 0.2) is 77.8 Å². The molecule has 192 valence electrons. The molecular formula is C31H36N4O2. The molecule has 0 fully saturated rings. The third-order valence-electron chi connectivity index (χ3n) is 6.32. The third-order valence-corrected chi connectivity index (χ3v) is 6.32. The lowest BCUT2D eigenvalue weighted by molar-refractivity contribution is 0.0953. The zero-order valence-corrected chi connectivity index (χ0v) is 21.9. The Morgan fingerprint density at radius 1 is 0.946 bits per heavy atom. The van der Waals surface area contributed by atoms with Crippen LogP contribution in [0, 0.1) is 0 Å². The van der Waals surface area contributed by atoms with Gasteiger partial charge in [0.15, 0.2) is 5.88 Å². The maximum atomic E-state index is 12.9. The maximum absolute atomic E-state index is 12.9. The number of fused-ring (bicyclic) bond motifs is 1. The van der Waals surface area contributed by atoms with Gasteiger partial charge in [0, 0.05) is 35.1 Å². The van der Waals surface area contributed by atoms with Crippen molar-refractivity contribution in [1.82, 2.24) is 15.2 Å². The summed E-state index contributed by atoms with van der Waals surface area (Å²) in [4.78, 5) is 23.0. The Balaban J connectivity index is 1.72. The Labute approximate surface area is 219 Å². The van der Waals surface area contributed by atoms with Gasteiger partial charge >= 0.3 is 0 Å². The summed E-state index contributed by atoms with van der Waals surface area (Å²) in [6.07, 6.45) is 4.42. The number of H-pyrrole nitrogens is 1. The van der Waals surface area contributed by atoms with Crippen LogP contribution >= 0.6 is 0 Å². The van der Waals surface area contributed by atoms with E-state index in [0.29, 0.717) is 23.4 Å². The van der Waals surface area contributed by atoms with Crippen molar-refractivity contribution < 1.29 is 9.90 Å². The van der Waals surface area contributed by atoms with E-state index in [1.54, 1.807) is 6.07 Å². The van der Waals surface area contributed by atoms with Crippen molar-refractivity contribution in [1.29, 1.82) is 0 Å². The van der Waals surface area contributed by atoms with Crippen molar-refractivity contribution in [2.24, 2.45) is 4.99 Å². The summed E-state index contributed by atoms with van der Waals surface area (Å²) >= 11 is 0. The highest BCUT2D eigenvalue weighted by Crippen LogP contribution is 2.32. The Kier molecular flexibility index (Phi) is 8.75. The van der Waals surface area contributed by atoms with Crippen molar-refractivity contribution in [3.05, 3.63) is 95.1 Å². The Morgan fingerprint density at radius 3 is 2.41 bits per heavy atom. The molecule has 37 heavy (non-hydrogen) atoms. The molecule has 0 saturated heterocycles. The van der Waals surface area contributed by atoms with Crippen molar-refractivity contribution in [3.8, 4) is 5.88 Å². The second-order valence-corrected chi connectivity index (χ2v) is 9.66. The van der Waals surface area contributed by atoms with Crippen LogP contribution in [-0.2, 0) is 6.54 Å². The number of hydrogen-bond acceptors (Lipinski definition) is 4. The first kappa shape index (κ1) is 26.2. The van der Waals surface area contributed by atoms with Crippen LogP contribution in [0.5, 0.6) is 5.88 Å². The monoisotopic (exact) mass is 496 g/mol. The topological polar surface area (TPSA) is 80.7 Å². The van der Waals surface area contributed by atoms with Gasteiger partial charge in [-0.1, -0.05) is 68.7 Å². The highest BCUT2D eigenvalue weighted by atomic mass is 16.3. The molecule has 3 N–H and O–H groups in total. The number of carbonyl (C=O) groups is 1. The summed E-state index contributed by atoms with van der Waals surface area (Å²) in [5, 5.41) is 14.8. The summed E-state index contributed by atoms with van der Waals surface area (Å²) in [5.74, 6) is -0.0846. The number of rotatable bonds is 11. The van der Waals surface area contributed by atoms with Crippen molar-refractivity contribution in [3.63, 3.8) is 0 Å². The molecule has 1 heterocycles. The van der Waals surface area contributed by atoms with Gasteiger partial charge in [0.05, 0.1) is 17.0 Å². The SMILES string of the molecule is CCCCCCNC(=O)c1ccc2[nH]c(O)c(C(=Nc3ccc(CN(C)C)cc3)c3ccccc3)c2c1. The summed E-state index contributed by atoms with van der Waals surface area (Å²) in [7, 11) is 4.08. The predicted octanol–water partition coefficient (Wildman–Crippen LogP) is 6.41. The van der Waals surface area contributed by atoms with Crippen LogP contribution in [0.2, 0.25) is 0 Å². The molecule has 4 aromatic rings. The lowest BCUT2D eigenvalue weighted by Gasteiger charge is -2.11. The summed E-state index contributed by atoms with van der Waals surface area (Å²) in [6.45, 7) is 3.68. The fraction of sp³-hybridized carbons (Fsp3) is 0.290. The zero-order chi connectivity index (χ0) is 26.2. The molecule has 0 bridgehead atoms. The van der Waals surface area contributed by atoms with Crippen LogP contribution in [0.25, 0.3) is 10.9 Å². The van der Waals surface area contributed by atoms with Crippen LogP contribution in [0.4, 0.5) is 5.69 Å². The number of aromatic amines is 1. The van der Waals surface area contributed by atoms with Gasteiger partial charge in [-0.25, -0.2) is 4.99 Å². The van der Waals surface area contributed by atoms with E-state index in [9.17, 15) is 9.90 Å². The predicted molar refractivity (Wildman–Crippen MR) is 152 cm³/mol. The molecule has 3 aromatic carbocycles. The molecule has 1 amide bonds. The smallest absolute Gasteiger partial charge is 0.251 e. The van der Waals surface area contributed by atoms with E-state index in [1.807, 2.05) is 68.7 Å². The number of aromatic hydroxyl groups is 1. The van der Waals surface area contributed by atoms with Gasteiger partial charge in [0.2, 0.25) is 0 Å². The van der Waals surface area contributed by atoms with E-state index in [4.69, 9.17) is 4.99 Å². The Bertz CT molecular complexity index is 1360. The maximum Gasteiger partial charge on any atom is 0.251 e. The highest BCUT2D eigenvalue weighted by molar-refractivity contribution is 6.22. The average Bonchev–Trinajstić information content (AvgIpc) is 3.23. The van der Waals surface area contributed by atoms with E-state index < -0.39 is 0 Å². The van der Waals surface area contributed by atoms with Gasteiger partial charge < -0.3 is 20.3 Å². The molecule has 0 aliphatic heterocycles. The minimum atomic E-state index is -0.111. The quantitative estimate of drug-likeness (QED) is 0.166. The van der Waals surface area contributed by atoms with Crippen molar-refractivity contribution >= 4 is 28.2 Å². The lowest BCUT2D eigenvalue weighted by atomic mass is 9.99. The van der Waals surface area contributed by atoms with E-state index in [2.05, 4.69) is 34.3 Å². The molecule has 0 atom stereocenters. The fourth-order valence-corrected chi connectivity index (χ4v) is 4.45. The number of hydrogen-bond donors (Lipinski definition) is 3. The van der Waals surface area contributed by atoms with E-state index in [-0.39, 0.29) is 11.8 Å². The summed E-state index contributed by atoms with van der Waals surface area (Å²) in [6, 6.07) is 23.4. The third kappa shape index (κ3) is 6.66. The first-order valence-corrected chi connectivity index (χ1v) is 13.0. The van der Waals surface area contributed by atoms with Gasteiger partial charge in [0.1, 0.15) is 0 Å². The van der Waals surface area contributed by atoms with Crippen LogP contribution in [-0.4, -0.2) is 47.2 Å². The number of amides is 1. The lowest BCUT2D eigenvalue weighted by Crippen LogP contribution is -2.24. The summed E-state index contributed by atoms with van der Waals surface area (Å²) < 4.78 is 0. The van der Waals surface area contributed by atoms with Gasteiger partial charge in [-0.2, -0.15) is 0 Å². The molecule has 0 unspecified atom stereocenters. The number of aromatic nitrogens is 1. The van der Waals surface area contributed by atoms with Gasteiger partial charge in [-0.3, -0.25) is 4.79 Å². The van der Waals surface area contributed by atoms with E-state index in [0.717, 1.165) is 48.0 Å². The number of benzene rings is 3. The molecule has 4 rings (SSSR count).